The van der Waals surface area contributed by atoms with Crippen LogP contribution in [0.15, 0.2) is 42.7 Å². The largest absolute Gasteiger partial charge is 0.349 e. The normalized spacial score (nSPS) is 19.6. The van der Waals surface area contributed by atoms with Gasteiger partial charge >= 0.3 is 0 Å². The molecule has 172 valence electrons. The maximum absolute atomic E-state index is 14.0. The molecule has 1 aromatic carbocycles. The Morgan fingerprint density at radius 2 is 1.94 bits per heavy atom. The maximum atomic E-state index is 14.0. The summed E-state index contributed by atoms with van der Waals surface area (Å²) in [5, 5.41) is 7.77. The van der Waals surface area contributed by atoms with E-state index in [9.17, 15) is 13.6 Å². The highest BCUT2D eigenvalue weighted by atomic mass is 19.3. The molecule has 6 nitrogen and oxygen atoms in total. The first-order valence-corrected chi connectivity index (χ1v) is 11.3. The summed E-state index contributed by atoms with van der Waals surface area (Å²) in [6.07, 6.45) is 3.88. The van der Waals surface area contributed by atoms with E-state index in [0.717, 1.165) is 22.4 Å². The third-order valence-electron chi connectivity index (χ3n) is 6.47. The minimum Gasteiger partial charge on any atom is -0.349 e. The average molecular weight is 452 g/mol. The molecule has 1 amide bonds. The minimum absolute atomic E-state index is 0.0204. The number of halogens is 2. The van der Waals surface area contributed by atoms with E-state index in [-0.39, 0.29) is 30.8 Å². The third kappa shape index (κ3) is 3.87. The minimum atomic E-state index is -2.77. The van der Waals surface area contributed by atoms with E-state index in [0.29, 0.717) is 23.5 Å². The Labute approximate surface area is 191 Å². The van der Waals surface area contributed by atoms with Crippen molar-refractivity contribution < 1.29 is 13.6 Å². The summed E-state index contributed by atoms with van der Waals surface area (Å²) >= 11 is 0. The van der Waals surface area contributed by atoms with E-state index in [2.05, 4.69) is 23.3 Å². The monoisotopic (exact) mass is 451 g/mol. The van der Waals surface area contributed by atoms with Gasteiger partial charge in [0.05, 0.1) is 23.5 Å². The molecule has 4 heterocycles. The second kappa shape index (κ2) is 7.93. The van der Waals surface area contributed by atoms with Gasteiger partial charge in [0.25, 0.3) is 11.8 Å². The number of nitrogens with zero attached hydrogens (tertiary/aromatic N) is 4. The third-order valence-corrected chi connectivity index (χ3v) is 6.47. The van der Waals surface area contributed by atoms with Crippen molar-refractivity contribution in [2.45, 2.75) is 51.5 Å². The Bertz CT molecular complexity index is 1220. The summed E-state index contributed by atoms with van der Waals surface area (Å²) in [7, 11) is 0. The number of pyridine rings is 1. The molecule has 33 heavy (non-hydrogen) atoms. The van der Waals surface area contributed by atoms with Crippen LogP contribution in [0.2, 0.25) is 0 Å². The number of aromatic nitrogens is 3. The summed E-state index contributed by atoms with van der Waals surface area (Å²) in [5.74, 6) is -2.68. The fraction of sp³-hybridized carbons (Fsp3) is 0.400. The number of anilines is 2. The summed E-state index contributed by atoms with van der Waals surface area (Å²) in [6.45, 7) is 5.87. The number of benzene rings is 1. The molecule has 5 rings (SSSR count). The molecule has 2 aliphatic rings. The zero-order valence-corrected chi connectivity index (χ0v) is 19.0. The van der Waals surface area contributed by atoms with Gasteiger partial charge in [0.1, 0.15) is 0 Å². The number of rotatable bonds is 2. The Morgan fingerprint density at radius 3 is 2.67 bits per heavy atom. The van der Waals surface area contributed by atoms with Gasteiger partial charge in [-0.05, 0) is 37.5 Å². The van der Waals surface area contributed by atoms with Gasteiger partial charge in [-0.1, -0.05) is 31.2 Å². The highest BCUT2D eigenvalue weighted by Gasteiger charge is 2.40. The molecule has 1 atom stereocenters. The predicted octanol–water partition coefficient (Wildman–Crippen LogP) is 5.28. The smallest absolute Gasteiger partial charge is 0.266 e. The molecule has 0 radical (unpaired) electrons. The van der Waals surface area contributed by atoms with Crippen LogP contribution in [0, 0.1) is 0 Å². The average Bonchev–Trinajstić information content (AvgIpc) is 3.38. The van der Waals surface area contributed by atoms with Crippen LogP contribution in [0.25, 0.3) is 11.1 Å². The summed E-state index contributed by atoms with van der Waals surface area (Å²) in [4.78, 5) is 19.5. The first-order chi connectivity index (χ1) is 15.7. The molecule has 1 saturated heterocycles. The molecule has 1 N–H and O–H groups in total. The van der Waals surface area contributed by atoms with Gasteiger partial charge in [-0.25, -0.2) is 13.8 Å². The number of amides is 1. The number of hydrogen-bond acceptors (Lipinski definition) is 4. The second-order valence-electron chi connectivity index (χ2n) is 9.30. The maximum Gasteiger partial charge on any atom is 0.266 e. The quantitative estimate of drug-likeness (QED) is 0.576. The number of alkyl halides is 2. The lowest BCUT2D eigenvalue weighted by Gasteiger charge is -2.25. The summed E-state index contributed by atoms with van der Waals surface area (Å²) in [6, 6.07) is 9.96. The number of carbonyl (C=O) groups is 1. The highest BCUT2D eigenvalue weighted by molar-refractivity contribution is 6.09. The van der Waals surface area contributed by atoms with E-state index >= 15 is 0 Å². The van der Waals surface area contributed by atoms with Crippen molar-refractivity contribution in [2.75, 3.05) is 23.3 Å². The molecule has 0 bridgehead atoms. The van der Waals surface area contributed by atoms with Crippen LogP contribution >= 0.6 is 0 Å². The van der Waals surface area contributed by atoms with Crippen LogP contribution in [-0.4, -0.2) is 39.7 Å². The van der Waals surface area contributed by atoms with Gasteiger partial charge in [-0.15, -0.1) is 0 Å². The van der Waals surface area contributed by atoms with Crippen molar-refractivity contribution >= 4 is 17.4 Å². The summed E-state index contributed by atoms with van der Waals surface area (Å²) in [5.41, 5.74) is 4.55. The van der Waals surface area contributed by atoms with Gasteiger partial charge < -0.3 is 10.2 Å². The Hall–Kier alpha value is -3.29. The van der Waals surface area contributed by atoms with Crippen LogP contribution in [-0.2, 0) is 6.42 Å². The van der Waals surface area contributed by atoms with Gasteiger partial charge in [0.15, 0.2) is 5.82 Å². The van der Waals surface area contributed by atoms with Crippen molar-refractivity contribution in [1.29, 1.82) is 0 Å². The molecule has 0 saturated carbocycles. The lowest BCUT2D eigenvalue weighted by Crippen LogP contribution is -2.27. The molecule has 2 aliphatic heterocycles. The van der Waals surface area contributed by atoms with E-state index < -0.39 is 12.5 Å². The molecule has 2 aromatic heterocycles. The molecular weight excluding hydrogens is 424 g/mol. The Morgan fingerprint density at radius 1 is 1.15 bits per heavy atom. The zero-order chi connectivity index (χ0) is 23.3. The fourth-order valence-corrected chi connectivity index (χ4v) is 4.73. The molecule has 0 unspecified atom stereocenters. The lowest BCUT2D eigenvalue weighted by atomic mass is 9.89. The van der Waals surface area contributed by atoms with E-state index in [1.807, 2.05) is 38.1 Å². The molecule has 3 aromatic rings. The number of fused-ring (bicyclic) bond motifs is 4. The molecule has 8 heteroatoms. The number of carbonyl (C=O) groups excluding carboxylic acids is 1. The van der Waals surface area contributed by atoms with Crippen molar-refractivity contribution in [3.8, 4) is 11.1 Å². The predicted molar refractivity (Wildman–Crippen MR) is 124 cm³/mol. The topological polar surface area (TPSA) is 63.1 Å². The Kier molecular flexibility index (Phi) is 5.18. The summed E-state index contributed by atoms with van der Waals surface area (Å²) < 4.78 is 29.9. The van der Waals surface area contributed by atoms with Crippen molar-refractivity contribution in [3.63, 3.8) is 0 Å². The first-order valence-electron chi connectivity index (χ1n) is 11.3. The number of nitrogens with one attached hydrogen (secondary N) is 1. The fourth-order valence-electron chi connectivity index (χ4n) is 4.73. The number of hydrogen-bond donors (Lipinski definition) is 1. The van der Waals surface area contributed by atoms with Gasteiger partial charge in [-0.3, -0.25) is 9.48 Å². The zero-order valence-electron chi connectivity index (χ0n) is 19.0. The van der Waals surface area contributed by atoms with Gasteiger partial charge in [0, 0.05) is 42.9 Å². The molecular formula is C25H27F2N5O. The van der Waals surface area contributed by atoms with E-state index in [1.54, 1.807) is 22.0 Å². The van der Waals surface area contributed by atoms with E-state index in [1.165, 1.54) is 0 Å². The molecule has 1 fully saturated rings. The van der Waals surface area contributed by atoms with Crippen LogP contribution < -0.4 is 10.2 Å². The van der Waals surface area contributed by atoms with E-state index in [4.69, 9.17) is 5.10 Å². The van der Waals surface area contributed by atoms with Crippen LogP contribution in [0.5, 0.6) is 0 Å². The van der Waals surface area contributed by atoms with Crippen LogP contribution in [0.4, 0.5) is 20.3 Å². The van der Waals surface area contributed by atoms with Crippen molar-refractivity contribution in [3.05, 3.63) is 59.5 Å². The first kappa shape index (κ1) is 21.6. The Balaban J connectivity index is 1.71. The molecule has 0 aliphatic carbocycles. The van der Waals surface area contributed by atoms with Crippen LogP contribution in [0.1, 0.15) is 60.8 Å². The molecule has 0 spiro atoms. The SMILES string of the molecule is CC(C)n1cc2c(n1)[C@H](C)Cc1ccccc1-c1ccnc(N3CCC(F)(F)C3)c1NC2=O. The van der Waals surface area contributed by atoms with Crippen LogP contribution in [0.3, 0.4) is 0 Å². The van der Waals surface area contributed by atoms with Gasteiger partial charge in [0.2, 0.25) is 0 Å². The standard InChI is InChI=1S/C25H27F2N5O/c1-15(2)32-13-20-21(30-32)16(3)12-17-6-4-5-7-18(17)19-8-10-28-23(22(19)29-24(20)33)31-11-9-25(26,27)14-31/h4-8,10,13,15-16H,9,11-12,14H2,1-3H3,(H,29,33)/t16-/m1/s1. The van der Waals surface area contributed by atoms with Gasteiger partial charge in [-0.2, -0.15) is 5.10 Å². The highest BCUT2D eigenvalue weighted by Crippen LogP contribution is 2.41. The van der Waals surface area contributed by atoms with Crippen molar-refractivity contribution in [1.82, 2.24) is 14.8 Å². The second-order valence-corrected chi connectivity index (χ2v) is 9.30. The van der Waals surface area contributed by atoms with Crippen molar-refractivity contribution in [2.24, 2.45) is 0 Å². The lowest BCUT2D eigenvalue weighted by molar-refractivity contribution is 0.0257.